The maximum atomic E-state index is 10.5. The van der Waals surface area contributed by atoms with Crippen molar-refractivity contribution in [1.29, 1.82) is 0 Å². The van der Waals surface area contributed by atoms with Crippen molar-refractivity contribution >= 4 is 11.7 Å². The Kier molecular flexibility index (Phi) is 7.54. The Morgan fingerprint density at radius 3 is 2.09 bits per heavy atom. The summed E-state index contributed by atoms with van der Waals surface area (Å²) in [5, 5.41) is 0. The van der Waals surface area contributed by atoms with Crippen molar-refractivity contribution in [3.05, 3.63) is 78.9 Å². The number of urea groups is 1. The van der Waals surface area contributed by atoms with Crippen LogP contribution in [0.15, 0.2) is 78.9 Å². The molecule has 120 valence electrons. The number of rotatable bonds is 3. The van der Waals surface area contributed by atoms with Crippen LogP contribution in [0.25, 0.3) is 11.1 Å². The second-order valence-corrected chi connectivity index (χ2v) is 4.33. The first-order chi connectivity index (χ1) is 10.3. The number of primary amides is 1. The molecule has 0 aromatic heterocycles. The zero-order valence-electron chi connectivity index (χ0n) is 11.8. The Morgan fingerprint density at radius 2 is 1.55 bits per heavy atom. The molecule has 3 rings (SSSR count). The number of carbonyl (C=O) groups excluding carboxylic acids is 1. The number of amides is 2. The first-order valence-electron chi connectivity index (χ1n) is 6.56. The molecule has 3 aromatic rings. The number of nitrogens with two attached hydrogens (primary N) is 1. The molecule has 4 nitrogen and oxygen atoms in total. The molecule has 0 saturated carbocycles. The quantitative estimate of drug-likeness (QED) is 0.390. The topological polar surface area (TPSA) is 67.2 Å². The molecular weight excluding hydrogens is 318 g/mol. The van der Waals surface area contributed by atoms with Gasteiger partial charge in [-0.2, -0.15) is 17.7 Å². The first-order valence-corrected chi connectivity index (χ1v) is 6.56. The van der Waals surface area contributed by atoms with Crippen molar-refractivity contribution in [3.8, 4) is 11.1 Å². The van der Waals surface area contributed by atoms with Gasteiger partial charge < -0.3 is 41.5 Å². The van der Waals surface area contributed by atoms with E-state index in [1.807, 2.05) is 78.9 Å². The summed E-state index contributed by atoms with van der Waals surface area (Å²) in [4.78, 5) is 10.5. The van der Waals surface area contributed by atoms with Crippen LogP contribution in [0.3, 0.4) is 0 Å². The van der Waals surface area contributed by atoms with E-state index in [1.54, 1.807) is 0 Å². The zero-order chi connectivity index (χ0) is 14.9. The summed E-state index contributed by atoms with van der Waals surface area (Å²) in [5.41, 5.74) is 13.0. The molecule has 4 N–H and O–H groups in total. The number of benzene rings is 1. The number of anilines is 1. The smallest absolute Gasteiger partial charge is 0.329 e. The molecule has 22 heavy (non-hydrogen) atoms. The predicted molar refractivity (Wildman–Crippen MR) is 85.8 cm³/mol. The first kappa shape index (κ1) is 17.6. The summed E-state index contributed by atoms with van der Waals surface area (Å²) in [7, 11) is 0. The van der Waals surface area contributed by atoms with Crippen LogP contribution >= 0.6 is 0 Å². The van der Waals surface area contributed by atoms with Gasteiger partial charge in [0, 0.05) is 17.1 Å². The largest absolute Gasteiger partial charge is 0.748 e. The minimum absolute atomic E-state index is 0. The average molecular weight is 335 g/mol. The van der Waals surface area contributed by atoms with Crippen molar-refractivity contribution < 1.29 is 21.9 Å². The van der Waals surface area contributed by atoms with Gasteiger partial charge in [0.15, 0.2) is 0 Å². The number of hydrogen-bond donors (Lipinski definition) is 3. The van der Waals surface area contributed by atoms with E-state index in [0.717, 1.165) is 16.8 Å². The monoisotopic (exact) mass is 335 g/mol. The number of hydrazine groups is 1. The van der Waals surface area contributed by atoms with E-state index >= 15 is 0 Å². The Balaban J connectivity index is 0.000000344. The van der Waals surface area contributed by atoms with E-state index in [2.05, 4.69) is 10.9 Å². The summed E-state index contributed by atoms with van der Waals surface area (Å²) in [5.74, 6) is 0. The molecule has 2 amide bonds. The molecule has 0 radical (unpaired) electrons. The third-order valence-corrected chi connectivity index (χ3v) is 2.75. The summed E-state index contributed by atoms with van der Waals surface area (Å²) < 4.78 is 0. The Hall–Kier alpha value is -2.49. The third-order valence-electron chi connectivity index (χ3n) is 2.75. The van der Waals surface area contributed by atoms with Crippen molar-refractivity contribution in [2.75, 3.05) is 5.43 Å². The maximum Gasteiger partial charge on any atom is 0.329 e. The van der Waals surface area contributed by atoms with Gasteiger partial charge in [-0.05, 0) is 0 Å². The van der Waals surface area contributed by atoms with Gasteiger partial charge in [0.2, 0.25) is 0 Å². The molecule has 3 aromatic carbocycles. The third kappa shape index (κ3) is 5.87. The molecule has 5 heteroatoms. The minimum atomic E-state index is -0.609. The number of hydrogen-bond acceptors (Lipinski definition) is 2. The summed E-state index contributed by atoms with van der Waals surface area (Å²) in [6.07, 6.45) is 0. The van der Waals surface area contributed by atoms with Crippen LogP contribution in [0.5, 0.6) is 0 Å². The maximum absolute atomic E-state index is 10.5. The van der Waals surface area contributed by atoms with E-state index in [9.17, 15) is 4.79 Å². The molecule has 0 heterocycles. The van der Waals surface area contributed by atoms with Crippen molar-refractivity contribution in [2.24, 2.45) is 5.73 Å². The summed E-state index contributed by atoms with van der Waals surface area (Å²) in [6, 6.07) is 25.2. The fraction of sp³-hybridized carbons (Fsp3) is 0. The predicted octanol–water partition coefficient (Wildman–Crippen LogP) is 3.47. The molecule has 0 saturated heterocycles. The van der Waals surface area contributed by atoms with Gasteiger partial charge in [0.05, 0.1) is 0 Å². The Labute approximate surface area is 140 Å². The van der Waals surface area contributed by atoms with Crippen LogP contribution in [-0.2, 0) is 17.1 Å². The fourth-order valence-corrected chi connectivity index (χ4v) is 1.79. The molecule has 0 aliphatic heterocycles. The summed E-state index contributed by atoms with van der Waals surface area (Å²) in [6.45, 7) is 0. The molecule has 0 atom stereocenters. The van der Waals surface area contributed by atoms with Crippen molar-refractivity contribution in [2.45, 2.75) is 0 Å². The van der Waals surface area contributed by atoms with E-state index in [1.165, 1.54) is 0 Å². The van der Waals surface area contributed by atoms with Crippen LogP contribution in [0.4, 0.5) is 10.5 Å². The van der Waals surface area contributed by atoms with Gasteiger partial charge in [0.25, 0.3) is 0 Å². The van der Waals surface area contributed by atoms with Crippen LogP contribution in [0.1, 0.15) is 0 Å². The molecular formula is C17H17FeN3O-6. The fourth-order valence-electron chi connectivity index (χ4n) is 1.79. The normalized spacial score (nSPS) is 8.91. The van der Waals surface area contributed by atoms with Gasteiger partial charge in [-0.15, -0.1) is 0 Å². The van der Waals surface area contributed by atoms with Crippen molar-refractivity contribution in [1.82, 2.24) is 5.43 Å². The van der Waals surface area contributed by atoms with Gasteiger partial charge in [-0.25, -0.2) is 10.9 Å². The van der Waals surface area contributed by atoms with E-state index in [0.29, 0.717) is 0 Å². The van der Waals surface area contributed by atoms with E-state index in [-0.39, 0.29) is 17.1 Å². The van der Waals surface area contributed by atoms with Gasteiger partial charge in [0.1, 0.15) is 0 Å². The van der Waals surface area contributed by atoms with Gasteiger partial charge in [-0.3, -0.25) is 5.43 Å². The average Bonchev–Trinajstić information content (AvgIpc) is 3.20. The minimum Gasteiger partial charge on any atom is -0.748 e. The molecule has 0 fully saturated rings. The SMILES string of the molecule is NC(=O)NN[c-]1ccc(-c2ccccc2)c1.[Fe].[cH-]1[cH-][cH-][cH-][cH-]1. The molecule has 0 unspecified atom stereocenters. The zero-order valence-corrected chi connectivity index (χ0v) is 12.9. The Morgan fingerprint density at radius 1 is 0.955 bits per heavy atom. The Bertz CT molecular complexity index is 630. The summed E-state index contributed by atoms with van der Waals surface area (Å²) >= 11 is 0. The standard InChI is InChI=1S/C12H12N3O.C5H5.Fe/c13-12(16)15-14-11-7-6-10(8-11)9-4-2-1-3-5-9;1-2-4-5-3-1;/h1-8,14H,(H3,13,15,16);1-5H;/q-1;-5;. The van der Waals surface area contributed by atoms with Gasteiger partial charge in [-0.1, -0.05) is 41.6 Å². The van der Waals surface area contributed by atoms with Crippen molar-refractivity contribution in [3.63, 3.8) is 0 Å². The molecule has 0 aliphatic rings. The van der Waals surface area contributed by atoms with E-state index < -0.39 is 6.03 Å². The van der Waals surface area contributed by atoms with Crippen LogP contribution in [-0.4, -0.2) is 6.03 Å². The molecule has 0 aliphatic carbocycles. The van der Waals surface area contributed by atoms with E-state index in [4.69, 9.17) is 5.73 Å². The number of nitrogens with one attached hydrogen (secondary N) is 2. The second kappa shape index (κ2) is 9.45. The molecule has 0 bridgehead atoms. The number of carbonyl (C=O) groups is 1. The second-order valence-electron chi connectivity index (χ2n) is 4.33. The van der Waals surface area contributed by atoms with Gasteiger partial charge >= 0.3 is 6.03 Å². The van der Waals surface area contributed by atoms with Crippen LogP contribution in [0.2, 0.25) is 0 Å². The molecule has 0 spiro atoms. The van der Waals surface area contributed by atoms with Crippen LogP contribution < -0.4 is 16.6 Å². The van der Waals surface area contributed by atoms with Crippen LogP contribution in [0, 0.1) is 0 Å².